The molecule has 1 fully saturated rings. The van der Waals surface area contributed by atoms with Gasteiger partial charge < -0.3 is 14.6 Å². The fourth-order valence-corrected chi connectivity index (χ4v) is 3.18. The quantitative estimate of drug-likeness (QED) is 0.878. The van der Waals surface area contributed by atoms with Gasteiger partial charge in [-0.05, 0) is 44.4 Å². The lowest BCUT2D eigenvalue weighted by molar-refractivity contribution is 0.140. The van der Waals surface area contributed by atoms with Crippen molar-refractivity contribution in [1.82, 2.24) is 15.0 Å². The van der Waals surface area contributed by atoms with E-state index in [1.807, 2.05) is 0 Å². The molecule has 0 saturated carbocycles. The van der Waals surface area contributed by atoms with E-state index in [0.717, 1.165) is 25.9 Å². The highest BCUT2D eigenvalue weighted by atomic mass is 16.5. The lowest BCUT2D eigenvalue weighted by atomic mass is 10.0. The Bertz CT molecular complexity index is 650. The molecule has 1 aromatic heterocycles. The summed E-state index contributed by atoms with van der Waals surface area (Å²) in [5, 5.41) is 7.60. The Balaban J connectivity index is 1.52. The third kappa shape index (κ3) is 4.13. The highest BCUT2D eigenvalue weighted by molar-refractivity contribution is 5.46. The molecule has 1 aliphatic rings. The van der Waals surface area contributed by atoms with Crippen molar-refractivity contribution in [3.63, 3.8) is 0 Å². The van der Waals surface area contributed by atoms with Gasteiger partial charge in [-0.3, -0.25) is 4.90 Å². The van der Waals surface area contributed by atoms with Gasteiger partial charge in [0, 0.05) is 31.9 Å². The molecule has 1 aromatic carbocycles. The summed E-state index contributed by atoms with van der Waals surface area (Å²) in [5.74, 6) is 1.28. The summed E-state index contributed by atoms with van der Waals surface area (Å²) < 4.78 is 10.4. The van der Waals surface area contributed by atoms with Crippen LogP contribution >= 0.6 is 0 Å². The van der Waals surface area contributed by atoms with Crippen LogP contribution in [0.4, 0.5) is 5.69 Å². The minimum absolute atomic E-state index is 0.142. The molecular formula is C18H26N4O2. The Morgan fingerprint density at radius 2 is 2.17 bits per heavy atom. The van der Waals surface area contributed by atoms with Crippen molar-refractivity contribution in [2.45, 2.75) is 45.4 Å². The SMILES string of the molecule is COCc1noc([C@H](C)N2CCC(Nc3cccc(C)c3)CC2)n1. The Morgan fingerprint density at radius 3 is 2.88 bits per heavy atom. The Labute approximate surface area is 143 Å². The molecule has 1 saturated heterocycles. The molecule has 0 bridgehead atoms. The molecule has 0 aliphatic carbocycles. The number of ether oxygens (including phenoxy) is 1. The molecule has 6 heteroatoms. The number of hydrogen-bond donors (Lipinski definition) is 1. The molecule has 24 heavy (non-hydrogen) atoms. The molecule has 1 atom stereocenters. The molecule has 130 valence electrons. The van der Waals surface area contributed by atoms with Crippen molar-refractivity contribution in [3.05, 3.63) is 41.5 Å². The van der Waals surface area contributed by atoms with E-state index >= 15 is 0 Å². The number of aromatic nitrogens is 2. The fourth-order valence-electron chi connectivity index (χ4n) is 3.18. The lowest BCUT2D eigenvalue weighted by Gasteiger charge is -2.35. The summed E-state index contributed by atoms with van der Waals surface area (Å²) in [6, 6.07) is 9.22. The van der Waals surface area contributed by atoms with Crippen LogP contribution in [0.15, 0.2) is 28.8 Å². The number of piperidine rings is 1. The third-order valence-electron chi connectivity index (χ3n) is 4.58. The van der Waals surface area contributed by atoms with E-state index in [1.54, 1.807) is 7.11 Å². The van der Waals surface area contributed by atoms with Gasteiger partial charge in [0.25, 0.3) is 0 Å². The Kier molecular flexibility index (Phi) is 5.48. The van der Waals surface area contributed by atoms with Crippen LogP contribution in [0, 0.1) is 6.92 Å². The van der Waals surface area contributed by atoms with Crippen molar-refractivity contribution in [1.29, 1.82) is 0 Å². The smallest absolute Gasteiger partial charge is 0.243 e. The van der Waals surface area contributed by atoms with Crippen molar-refractivity contribution >= 4 is 5.69 Å². The maximum Gasteiger partial charge on any atom is 0.243 e. The zero-order valence-electron chi connectivity index (χ0n) is 14.7. The summed E-state index contributed by atoms with van der Waals surface area (Å²) in [6.07, 6.45) is 2.22. The number of benzene rings is 1. The summed E-state index contributed by atoms with van der Waals surface area (Å²) in [5.41, 5.74) is 2.50. The van der Waals surface area contributed by atoms with Gasteiger partial charge in [-0.15, -0.1) is 0 Å². The van der Waals surface area contributed by atoms with Gasteiger partial charge in [-0.25, -0.2) is 0 Å². The monoisotopic (exact) mass is 330 g/mol. The Morgan fingerprint density at radius 1 is 1.38 bits per heavy atom. The number of likely N-dealkylation sites (tertiary alicyclic amines) is 1. The van der Waals surface area contributed by atoms with Gasteiger partial charge in [0.1, 0.15) is 6.61 Å². The van der Waals surface area contributed by atoms with Gasteiger partial charge in [-0.1, -0.05) is 17.3 Å². The number of anilines is 1. The zero-order chi connectivity index (χ0) is 16.9. The van der Waals surface area contributed by atoms with E-state index in [4.69, 9.17) is 9.26 Å². The second kappa shape index (κ2) is 7.77. The first kappa shape index (κ1) is 16.9. The summed E-state index contributed by atoms with van der Waals surface area (Å²) >= 11 is 0. The minimum Gasteiger partial charge on any atom is -0.382 e. The number of aryl methyl sites for hydroxylation is 1. The van der Waals surface area contributed by atoms with Crippen LogP contribution in [-0.4, -0.2) is 41.3 Å². The fraction of sp³-hybridized carbons (Fsp3) is 0.556. The summed E-state index contributed by atoms with van der Waals surface area (Å²) in [6.45, 7) is 6.67. The van der Waals surface area contributed by atoms with Crippen molar-refractivity contribution < 1.29 is 9.26 Å². The van der Waals surface area contributed by atoms with Crippen molar-refractivity contribution in [2.24, 2.45) is 0 Å². The second-order valence-electron chi connectivity index (χ2n) is 6.48. The highest BCUT2D eigenvalue weighted by Gasteiger charge is 2.26. The first-order valence-electron chi connectivity index (χ1n) is 8.54. The number of methoxy groups -OCH3 is 1. The molecule has 0 amide bonds. The average molecular weight is 330 g/mol. The molecule has 0 spiro atoms. The van der Waals surface area contributed by atoms with E-state index in [-0.39, 0.29) is 6.04 Å². The van der Waals surface area contributed by atoms with Gasteiger partial charge in [0.05, 0.1) is 6.04 Å². The van der Waals surface area contributed by atoms with E-state index in [9.17, 15) is 0 Å². The van der Waals surface area contributed by atoms with E-state index in [2.05, 4.69) is 58.5 Å². The number of nitrogens with one attached hydrogen (secondary N) is 1. The number of rotatable bonds is 6. The van der Waals surface area contributed by atoms with Crippen LogP contribution in [0.25, 0.3) is 0 Å². The molecule has 0 unspecified atom stereocenters. The summed E-state index contributed by atoms with van der Waals surface area (Å²) in [7, 11) is 1.63. The van der Waals surface area contributed by atoms with E-state index in [0.29, 0.717) is 24.4 Å². The van der Waals surface area contributed by atoms with E-state index < -0.39 is 0 Å². The number of nitrogens with zero attached hydrogens (tertiary/aromatic N) is 3. The topological polar surface area (TPSA) is 63.4 Å². The molecule has 2 heterocycles. The van der Waals surface area contributed by atoms with Crippen LogP contribution in [0.1, 0.15) is 43.1 Å². The molecule has 1 N–H and O–H groups in total. The first-order valence-corrected chi connectivity index (χ1v) is 8.54. The maximum absolute atomic E-state index is 5.37. The standard InChI is InChI=1S/C18H26N4O2/c1-13-5-4-6-16(11-13)19-15-7-9-22(10-8-15)14(2)18-20-17(12-23-3)21-24-18/h4-6,11,14-15,19H,7-10,12H2,1-3H3/t14-/m0/s1. The van der Waals surface area contributed by atoms with Crippen LogP contribution in [0.3, 0.4) is 0 Å². The lowest BCUT2D eigenvalue weighted by Crippen LogP contribution is -2.40. The van der Waals surface area contributed by atoms with Crippen molar-refractivity contribution in [2.75, 3.05) is 25.5 Å². The zero-order valence-corrected chi connectivity index (χ0v) is 14.7. The predicted molar refractivity (Wildman–Crippen MR) is 92.8 cm³/mol. The average Bonchev–Trinajstić information content (AvgIpc) is 3.04. The van der Waals surface area contributed by atoms with Crippen molar-refractivity contribution in [3.8, 4) is 0 Å². The molecule has 6 nitrogen and oxygen atoms in total. The summed E-state index contributed by atoms with van der Waals surface area (Å²) in [4.78, 5) is 6.81. The van der Waals surface area contributed by atoms with Gasteiger partial charge >= 0.3 is 0 Å². The molecular weight excluding hydrogens is 304 g/mol. The van der Waals surface area contributed by atoms with Crippen LogP contribution in [0.5, 0.6) is 0 Å². The Hall–Kier alpha value is -1.92. The van der Waals surface area contributed by atoms with Crippen LogP contribution in [-0.2, 0) is 11.3 Å². The predicted octanol–water partition coefficient (Wildman–Crippen LogP) is 3.16. The molecule has 0 radical (unpaired) electrons. The molecule has 3 rings (SSSR count). The molecule has 1 aliphatic heterocycles. The van der Waals surface area contributed by atoms with Gasteiger partial charge in [0.2, 0.25) is 5.89 Å². The molecule has 2 aromatic rings. The largest absolute Gasteiger partial charge is 0.382 e. The second-order valence-corrected chi connectivity index (χ2v) is 6.48. The van der Waals surface area contributed by atoms with Crippen LogP contribution < -0.4 is 5.32 Å². The third-order valence-corrected chi connectivity index (χ3v) is 4.58. The van der Waals surface area contributed by atoms with E-state index in [1.165, 1.54) is 11.3 Å². The first-order chi connectivity index (χ1) is 11.7. The maximum atomic E-state index is 5.37. The number of hydrogen-bond acceptors (Lipinski definition) is 6. The van der Waals surface area contributed by atoms with Crippen LogP contribution in [0.2, 0.25) is 0 Å². The normalized spacial score (nSPS) is 17.8. The minimum atomic E-state index is 0.142. The van der Waals surface area contributed by atoms with Gasteiger partial charge in [-0.2, -0.15) is 4.98 Å². The highest BCUT2D eigenvalue weighted by Crippen LogP contribution is 2.25. The van der Waals surface area contributed by atoms with Gasteiger partial charge in [0.15, 0.2) is 5.82 Å².